The molecule has 1 N–H and O–H groups in total. The Balaban J connectivity index is 1.64. The predicted molar refractivity (Wildman–Crippen MR) is 116 cm³/mol. The molecule has 2 aromatic heterocycles. The van der Waals surface area contributed by atoms with E-state index in [9.17, 15) is 4.79 Å². The lowest BCUT2D eigenvalue weighted by molar-refractivity contribution is 0.0957. The second-order valence-electron chi connectivity index (χ2n) is 8.23. The van der Waals surface area contributed by atoms with Crippen LogP contribution in [0, 0.1) is 0 Å². The van der Waals surface area contributed by atoms with Crippen molar-refractivity contribution in [3.63, 3.8) is 0 Å². The smallest absolute Gasteiger partial charge is 0.278 e. The van der Waals surface area contributed by atoms with Crippen LogP contribution in [-0.4, -0.2) is 20.6 Å². The van der Waals surface area contributed by atoms with Gasteiger partial charge in [0.2, 0.25) is 0 Å². The van der Waals surface area contributed by atoms with Crippen LogP contribution < -0.4 is 5.32 Å². The lowest BCUT2D eigenvalue weighted by Gasteiger charge is -2.22. The maximum atomic E-state index is 13.1. The van der Waals surface area contributed by atoms with E-state index in [0.29, 0.717) is 5.69 Å². The molecule has 4 nitrogen and oxygen atoms in total. The van der Waals surface area contributed by atoms with Gasteiger partial charge in [0.1, 0.15) is 5.69 Å². The first kappa shape index (κ1) is 18.1. The molecule has 4 rings (SSSR count). The van der Waals surface area contributed by atoms with E-state index < -0.39 is 0 Å². The molecule has 0 saturated carbocycles. The van der Waals surface area contributed by atoms with Crippen LogP contribution in [0.3, 0.4) is 0 Å². The van der Waals surface area contributed by atoms with Crippen LogP contribution in [0.4, 0.5) is 5.69 Å². The van der Waals surface area contributed by atoms with Gasteiger partial charge in [-0.15, -0.1) is 0 Å². The van der Waals surface area contributed by atoms with Crippen molar-refractivity contribution in [2.24, 2.45) is 7.05 Å². The lowest BCUT2D eigenvalue weighted by Crippen LogP contribution is -2.25. The topological polar surface area (TPSA) is 39.0 Å². The van der Waals surface area contributed by atoms with Gasteiger partial charge < -0.3 is 9.88 Å². The molecule has 0 aliphatic heterocycles. The van der Waals surface area contributed by atoms with Gasteiger partial charge in [0.25, 0.3) is 5.91 Å². The Bertz CT molecular complexity index is 1140. The number of benzene rings is 2. The SMILES string of the molecule is Cn1cc(-c2ccc(NC(C)(C)C)cc2)cc1C(=O)n1ccc2ccccc21. The van der Waals surface area contributed by atoms with E-state index in [2.05, 4.69) is 50.4 Å². The number of nitrogens with one attached hydrogen (secondary N) is 1. The van der Waals surface area contributed by atoms with Gasteiger partial charge >= 0.3 is 0 Å². The van der Waals surface area contributed by atoms with E-state index in [1.54, 1.807) is 4.57 Å². The fraction of sp³-hybridized carbons (Fsp3) is 0.208. The van der Waals surface area contributed by atoms with Crippen molar-refractivity contribution in [1.82, 2.24) is 9.13 Å². The Morgan fingerprint density at radius 3 is 2.36 bits per heavy atom. The molecule has 0 fully saturated rings. The summed E-state index contributed by atoms with van der Waals surface area (Å²) < 4.78 is 3.61. The van der Waals surface area contributed by atoms with Crippen LogP contribution in [0.2, 0.25) is 0 Å². The van der Waals surface area contributed by atoms with Gasteiger partial charge in [-0.25, -0.2) is 0 Å². The van der Waals surface area contributed by atoms with Crippen molar-refractivity contribution >= 4 is 22.5 Å². The van der Waals surface area contributed by atoms with Crippen LogP contribution in [0.25, 0.3) is 22.0 Å². The number of carbonyl (C=O) groups excluding carboxylic acids is 1. The molecule has 0 radical (unpaired) electrons. The number of carbonyl (C=O) groups is 1. The molecule has 0 saturated heterocycles. The summed E-state index contributed by atoms with van der Waals surface area (Å²) in [7, 11) is 1.91. The molecule has 0 aliphatic carbocycles. The molecule has 142 valence electrons. The summed E-state index contributed by atoms with van der Waals surface area (Å²) >= 11 is 0. The maximum absolute atomic E-state index is 13.1. The zero-order chi connectivity index (χ0) is 19.9. The zero-order valence-corrected chi connectivity index (χ0v) is 16.7. The first-order valence-electron chi connectivity index (χ1n) is 9.48. The van der Waals surface area contributed by atoms with E-state index in [4.69, 9.17) is 0 Å². The quantitative estimate of drug-likeness (QED) is 0.513. The minimum atomic E-state index is -0.0269. The van der Waals surface area contributed by atoms with Crippen molar-refractivity contribution in [2.75, 3.05) is 5.32 Å². The summed E-state index contributed by atoms with van der Waals surface area (Å²) in [6, 6.07) is 20.2. The second kappa shape index (κ2) is 6.71. The van der Waals surface area contributed by atoms with Crippen LogP contribution in [0.15, 0.2) is 73.1 Å². The number of anilines is 1. The van der Waals surface area contributed by atoms with Crippen LogP contribution in [0.1, 0.15) is 31.3 Å². The number of fused-ring (bicyclic) bond motifs is 1. The lowest BCUT2D eigenvalue weighted by atomic mass is 10.1. The number of aromatic nitrogens is 2. The first-order chi connectivity index (χ1) is 13.3. The number of nitrogens with zero attached hydrogens (tertiary/aromatic N) is 2. The van der Waals surface area contributed by atoms with E-state index in [-0.39, 0.29) is 11.4 Å². The average Bonchev–Trinajstić information content (AvgIpc) is 3.24. The first-order valence-corrected chi connectivity index (χ1v) is 9.48. The highest BCUT2D eigenvalue weighted by atomic mass is 16.2. The van der Waals surface area contributed by atoms with Crippen molar-refractivity contribution in [2.45, 2.75) is 26.3 Å². The fourth-order valence-corrected chi connectivity index (χ4v) is 3.50. The van der Waals surface area contributed by atoms with Crippen LogP contribution in [-0.2, 0) is 7.05 Å². The average molecular weight is 371 g/mol. The van der Waals surface area contributed by atoms with Crippen molar-refractivity contribution in [3.05, 3.63) is 78.8 Å². The third-order valence-electron chi connectivity index (χ3n) is 4.78. The highest BCUT2D eigenvalue weighted by Crippen LogP contribution is 2.26. The summed E-state index contributed by atoms with van der Waals surface area (Å²) in [6.07, 6.45) is 3.84. The normalized spacial score (nSPS) is 11.7. The molecule has 0 spiro atoms. The largest absolute Gasteiger partial charge is 0.380 e. The zero-order valence-electron chi connectivity index (χ0n) is 16.7. The fourth-order valence-electron chi connectivity index (χ4n) is 3.50. The molecule has 4 heteroatoms. The van der Waals surface area contributed by atoms with Gasteiger partial charge in [-0.05, 0) is 56.7 Å². The van der Waals surface area contributed by atoms with Gasteiger partial charge in [-0.1, -0.05) is 30.3 Å². The Hall–Kier alpha value is -3.27. The van der Waals surface area contributed by atoms with E-state index in [0.717, 1.165) is 27.7 Å². The van der Waals surface area contributed by atoms with Gasteiger partial charge in [0.05, 0.1) is 5.52 Å². The van der Waals surface area contributed by atoms with Crippen molar-refractivity contribution in [1.29, 1.82) is 0 Å². The van der Waals surface area contributed by atoms with Crippen molar-refractivity contribution < 1.29 is 4.79 Å². The molecule has 0 unspecified atom stereocenters. The third kappa shape index (κ3) is 3.46. The Morgan fingerprint density at radius 2 is 1.64 bits per heavy atom. The molecule has 4 aromatic rings. The van der Waals surface area contributed by atoms with Gasteiger partial charge in [-0.3, -0.25) is 9.36 Å². The van der Waals surface area contributed by atoms with E-state index >= 15 is 0 Å². The summed E-state index contributed by atoms with van der Waals surface area (Å²) in [5.41, 5.74) is 4.81. The summed E-state index contributed by atoms with van der Waals surface area (Å²) in [5, 5.41) is 4.53. The van der Waals surface area contributed by atoms with Crippen LogP contribution >= 0.6 is 0 Å². The molecule has 0 aliphatic rings. The van der Waals surface area contributed by atoms with Gasteiger partial charge in [0.15, 0.2) is 0 Å². The van der Waals surface area contributed by atoms with E-state index in [1.807, 2.05) is 60.4 Å². The number of hydrogen-bond donors (Lipinski definition) is 1. The van der Waals surface area contributed by atoms with Crippen LogP contribution in [0.5, 0.6) is 0 Å². The van der Waals surface area contributed by atoms with E-state index in [1.165, 1.54) is 0 Å². The molecule has 0 atom stereocenters. The summed E-state index contributed by atoms with van der Waals surface area (Å²) in [6.45, 7) is 6.42. The Labute approximate surface area is 165 Å². The molecule has 28 heavy (non-hydrogen) atoms. The molecular weight excluding hydrogens is 346 g/mol. The monoisotopic (exact) mass is 371 g/mol. The highest BCUT2D eigenvalue weighted by molar-refractivity contribution is 6.02. The van der Waals surface area contributed by atoms with Crippen molar-refractivity contribution in [3.8, 4) is 11.1 Å². The molecular formula is C24H25N3O. The van der Waals surface area contributed by atoms with Gasteiger partial charge in [0, 0.05) is 41.6 Å². The minimum Gasteiger partial charge on any atom is -0.380 e. The second-order valence-corrected chi connectivity index (χ2v) is 8.23. The Morgan fingerprint density at radius 1 is 0.929 bits per heavy atom. The molecule has 0 bridgehead atoms. The summed E-state index contributed by atoms with van der Waals surface area (Å²) in [5.74, 6) is -0.0269. The number of rotatable bonds is 3. The predicted octanol–water partition coefficient (Wildman–Crippen LogP) is 5.55. The minimum absolute atomic E-state index is 0.0212. The molecule has 2 heterocycles. The number of para-hydroxylation sites is 1. The number of aryl methyl sites for hydroxylation is 1. The highest BCUT2D eigenvalue weighted by Gasteiger charge is 2.16. The standard InChI is InChI=1S/C24H25N3O/c1-24(2,3)25-20-11-9-17(10-12-20)19-15-22(26(4)16-19)23(28)27-14-13-18-7-5-6-8-21(18)27/h5-16,25H,1-4H3. The Kier molecular flexibility index (Phi) is 4.34. The molecule has 0 amide bonds. The maximum Gasteiger partial charge on any atom is 0.278 e. The third-order valence-corrected chi connectivity index (χ3v) is 4.78. The number of hydrogen-bond acceptors (Lipinski definition) is 2. The molecule has 2 aromatic carbocycles. The summed E-state index contributed by atoms with van der Waals surface area (Å²) in [4.78, 5) is 13.1. The van der Waals surface area contributed by atoms with Gasteiger partial charge in [-0.2, -0.15) is 0 Å².